The molecule has 0 spiro atoms. The number of aromatic nitrogens is 2. The van der Waals surface area contributed by atoms with Gasteiger partial charge >= 0.3 is 0 Å². The fourth-order valence-electron chi connectivity index (χ4n) is 7.01. The van der Waals surface area contributed by atoms with E-state index in [4.69, 9.17) is 27.9 Å². The summed E-state index contributed by atoms with van der Waals surface area (Å²) in [6, 6.07) is 14.2. The van der Waals surface area contributed by atoms with E-state index < -0.39 is 5.82 Å². The number of hydrogen-bond donors (Lipinski definition) is 4. The summed E-state index contributed by atoms with van der Waals surface area (Å²) >= 11 is 14.1. The number of carbonyl (C=O) groups excluding carboxylic acids is 3. The molecule has 270 valence electrons. The van der Waals surface area contributed by atoms with Crippen LogP contribution in [0, 0.1) is 5.82 Å². The van der Waals surface area contributed by atoms with Crippen LogP contribution >= 0.6 is 23.2 Å². The van der Waals surface area contributed by atoms with Gasteiger partial charge in [0.15, 0.2) is 0 Å². The molecule has 2 aromatic heterocycles. The maximum absolute atomic E-state index is 15.6. The number of nitrogens with one attached hydrogen (secondary N) is 4. The minimum absolute atomic E-state index is 0.00552. The summed E-state index contributed by atoms with van der Waals surface area (Å²) < 4.78 is 21.0. The molecule has 14 heteroatoms. The van der Waals surface area contributed by atoms with E-state index in [9.17, 15) is 14.4 Å². The van der Waals surface area contributed by atoms with Gasteiger partial charge in [0.05, 0.1) is 34.1 Å². The third-order valence-electron chi connectivity index (χ3n) is 9.75. The molecule has 3 aliphatic rings. The molecule has 7 rings (SSSR count). The van der Waals surface area contributed by atoms with Gasteiger partial charge in [0, 0.05) is 104 Å². The van der Waals surface area contributed by atoms with Crippen LogP contribution in [0.25, 0.3) is 33.6 Å². The average Bonchev–Trinajstić information content (AvgIpc) is 3.84. The normalized spacial score (nSPS) is 18.2. The monoisotopic (exact) mass is 745 g/mol. The van der Waals surface area contributed by atoms with Crippen molar-refractivity contribution in [3.8, 4) is 39.5 Å². The van der Waals surface area contributed by atoms with Gasteiger partial charge in [-0.05, 0) is 36.6 Å². The lowest BCUT2D eigenvalue weighted by atomic mass is 9.98. The number of fused-ring (bicyclic) bond motifs is 1. The zero-order valence-electron chi connectivity index (χ0n) is 28.5. The molecule has 5 heterocycles. The number of amides is 3. The van der Waals surface area contributed by atoms with Gasteiger partial charge in [-0.3, -0.25) is 19.4 Å². The summed E-state index contributed by atoms with van der Waals surface area (Å²) in [5.41, 5.74) is 5.15. The van der Waals surface area contributed by atoms with Crippen LogP contribution in [0.1, 0.15) is 47.2 Å². The van der Waals surface area contributed by atoms with Crippen molar-refractivity contribution in [2.45, 2.75) is 50.9 Å². The predicted octanol–water partition coefficient (Wildman–Crippen LogP) is 5.12. The molecule has 3 amide bonds. The van der Waals surface area contributed by atoms with Gasteiger partial charge in [-0.2, -0.15) is 0 Å². The molecule has 2 aromatic carbocycles. The molecular weight excluding hydrogens is 708 g/mol. The number of halogens is 3. The van der Waals surface area contributed by atoms with Gasteiger partial charge in [-0.1, -0.05) is 47.5 Å². The Morgan fingerprint density at radius 3 is 2.33 bits per heavy atom. The molecule has 2 atom stereocenters. The Morgan fingerprint density at radius 1 is 0.904 bits per heavy atom. The first-order chi connectivity index (χ1) is 25.2. The van der Waals surface area contributed by atoms with Crippen molar-refractivity contribution < 1.29 is 23.5 Å². The molecular formula is C38H38Cl2FN7O4. The first kappa shape index (κ1) is 35.8. The number of rotatable bonds is 13. The minimum Gasteiger partial charge on any atom is -0.481 e. The molecule has 4 aromatic rings. The van der Waals surface area contributed by atoms with E-state index in [2.05, 4.69) is 31.2 Å². The van der Waals surface area contributed by atoms with Crippen molar-refractivity contribution in [2.24, 2.45) is 0 Å². The molecule has 3 aliphatic heterocycles. The first-order valence-electron chi connectivity index (χ1n) is 17.3. The van der Waals surface area contributed by atoms with Gasteiger partial charge in [-0.15, -0.1) is 0 Å². The molecule has 0 bridgehead atoms. The van der Waals surface area contributed by atoms with Crippen LogP contribution in [0.4, 0.5) is 4.39 Å². The highest BCUT2D eigenvalue weighted by atomic mass is 35.5. The van der Waals surface area contributed by atoms with E-state index in [0.29, 0.717) is 89.3 Å². The van der Waals surface area contributed by atoms with Crippen molar-refractivity contribution in [3.05, 3.63) is 87.3 Å². The van der Waals surface area contributed by atoms with Crippen molar-refractivity contribution in [1.82, 2.24) is 36.1 Å². The summed E-state index contributed by atoms with van der Waals surface area (Å²) in [6.45, 7) is 2.98. The molecule has 11 nitrogen and oxygen atoms in total. The number of carbonyl (C=O) groups is 3. The minimum atomic E-state index is -0.500. The van der Waals surface area contributed by atoms with Crippen LogP contribution in [0.3, 0.4) is 0 Å². The lowest BCUT2D eigenvalue weighted by Crippen LogP contribution is -2.39. The summed E-state index contributed by atoms with van der Waals surface area (Å²) in [5, 5.41) is 13.1. The Labute approximate surface area is 310 Å². The number of pyridine rings is 2. The second-order valence-electron chi connectivity index (χ2n) is 13.2. The quantitative estimate of drug-likeness (QED) is 0.139. The van der Waals surface area contributed by atoms with Gasteiger partial charge < -0.3 is 30.9 Å². The van der Waals surface area contributed by atoms with Gasteiger partial charge in [0.2, 0.25) is 17.7 Å². The molecule has 0 unspecified atom stereocenters. The van der Waals surface area contributed by atoms with Crippen LogP contribution in [0.2, 0.25) is 10.0 Å². The fourth-order valence-corrected chi connectivity index (χ4v) is 7.65. The summed E-state index contributed by atoms with van der Waals surface area (Å²) in [4.78, 5) is 47.1. The zero-order valence-corrected chi connectivity index (χ0v) is 30.0. The Kier molecular flexibility index (Phi) is 10.7. The van der Waals surface area contributed by atoms with E-state index in [1.54, 1.807) is 29.3 Å². The molecule has 52 heavy (non-hydrogen) atoms. The van der Waals surface area contributed by atoms with Crippen LogP contribution in [-0.2, 0) is 22.7 Å². The molecule has 2 saturated heterocycles. The van der Waals surface area contributed by atoms with Crippen LogP contribution in [-0.4, -0.2) is 78.0 Å². The number of methoxy groups -OCH3 is 1. The number of hydrogen-bond acceptors (Lipinski definition) is 8. The zero-order chi connectivity index (χ0) is 36.4. The molecule has 4 N–H and O–H groups in total. The summed E-state index contributed by atoms with van der Waals surface area (Å²) in [7, 11) is 1.44. The van der Waals surface area contributed by atoms with Gasteiger partial charge in [-0.25, -0.2) is 9.37 Å². The Bertz CT molecular complexity index is 2050. The van der Waals surface area contributed by atoms with E-state index in [1.165, 1.54) is 13.2 Å². The van der Waals surface area contributed by atoms with E-state index in [1.807, 2.05) is 24.3 Å². The topological polar surface area (TPSA) is 138 Å². The van der Waals surface area contributed by atoms with Crippen LogP contribution in [0.5, 0.6) is 5.88 Å². The SMILES string of the molecule is COc1nc(-c2cccc(-c3ccnc(-c4ccc5c(c4)CN(CCNC[C@H]4CCC(=O)N4)C5=O)c3Cl)c2Cl)cc(F)c1CNC[C@H]1CCC(=O)N1. The largest absolute Gasteiger partial charge is 0.481 e. The van der Waals surface area contributed by atoms with Crippen molar-refractivity contribution in [1.29, 1.82) is 0 Å². The molecule has 0 aliphatic carbocycles. The Morgan fingerprint density at radius 2 is 1.62 bits per heavy atom. The first-order valence-corrected chi connectivity index (χ1v) is 18.1. The maximum Gasteiger partial charge on any atom is 0.254 e. The van der Waals surface area contributed by atoms with Crippen molar-refractivity contribution >= 4 is 40.9 Å². The van der Waals surface area contributed by atoms with Crippen LogP contribution in [0.15, 0.2) is 54.7 Å². The summed E-state index contributed by atoms with van der Waals surface area (Å²) in [5.74, 6) is -0.294. The number of nitrogens with zero attached hydrogens (tertiary/aromatic N) is 3. The lowest BCUT2D eigenvalue weighted by Gasteiger charge is -2.17. The molecule has 2 fully saturated rings. The van der Waals surface area contributed by atoms with Gasteiger partial charge in [0.1, 0.15) is 5.82 Å². The average molecular weight is 747 g/mol. The third kappa shape index (κ3) is 7.47. The van der Waals surface area contributed by atoms with E-state index in [0.717, 1.165) is 24.0 Å². The highest BCUT2D eigenvalue weighted by Gasteiger charge is 2.28. The highest BCUT2D eigenvalue weighted by Crippen LogP contribution is 2.42. The van der Waals surface area contributed by atoms with Crippen molar-refractivity contribution in [3.63, 3.8) is 0 Å². The number of ether oxygens (including phenoxy) is 1. The number of benzene rings is 2. The third-order valence-corrected chi connectivity index (χ3v) is 10.5. The second kappa shape index (κ2) is 15.5. The highest BCUT2D eigenvalue weighted by molar-refractivity contribution is 6.39. The molecule has 0 saturated carbocycles. The summed E-state index contributed by atoms with van der Waals surface area (Å²) in [6.07, 6.45) is 4.26. The molecule has 0 radical (unpaired) electrons. The maximum atomic E-state index is 15.6. The lowest BCUT2D eigenvalue weighted by molar-refractivity contribution is -0.120. The fraction of sp³-hybridized carbons (Fsp3) is 0.342. The Balaban J connectivity index is 1.07. The van der Waals surface area contributed by atoms with Crippen molar-refractivity contribution in [2.75, 3.05) is 33.3 Å². The second-order valence-corrected chi connectivity index (χ2v) is 14.0. The van der Waals surface area contributed by atoms with Gasteiger partial charge in [0.25, 0.3) is 5.91 Å². The van der Waals surface area contributed by atoms with E-state index >= 15 is 4.39 Å². The smallest absolute Gasteiger partial charge is 0.254 e. The van der Waals surface area contributed by atoms with Crippen LogP contribution < -0.4 is 26.0 Å². The Hall–Kier alpha value is -4.62. The standard InChI is InChI=1S/C38H38Cl2FN7O4/c1-52-37-29(19-43-18-24-7-10-33(50)46-24)30(41)16-31(47-37)28-4-2-3-26(34(28)39)27-11-12-44-36(35(27)40)21-5-8-25-22(15-21)20-48(38(25)51)14-13-42-17-23-6-9-32(49)45-23/h2-5,8,11-12,15-16,23-24,42-43H,6-7,9-10,13-14,17-20H2,1H3,(H,45,49)(H,46,50)/t23-,24-/m1/s1. The predicted molar refractivity (Wildman–Crippen MR) is 197 cm³/mol. The van der Waals surface area contributed by atoms with E-state index in [-0.39, 0.29) is 47.8 Å².